The minimum Gasteiger partial charge on any atom is -0.376 e. The predicted octanol–water partition coefficient (Wildman–Crippen LogP) is 2.54. The van der Waals surface area contributed by atoms with E-state index in [9.17, 15) is 0 Å². The number of hydrogen-bond donors (Lipinski definition) is 0. The molecule has 0 bridgehead atoms. The van der Waals surface area contributed by atoms with Crippen LogP contribution in [0.4, 0.5) is 0 Å². The Bertz CT molecular complexity index is 123. The highest BCUT2D eigenvalue weighted by atomic mass is 16.5. The molecule has 86 valence electrons. The fourth-order valence-corrected chi connectivity index (χ4v) is 1.15. The molecule has 0 aliphatic heterocycles. The third-order valence-corrected chi connectivity index (χ3v) is 2.12. The average Bonchev–Trinajstić information content (AvgIpc) is 1.92. The third-order valence-electron chi connectivity index (χ3n) is 2.12. The van der Waals surface area contributed by atoms with Crippen molar-refractivity contribution in [1.29, 1.82) is 0 Å². The van der Waals surface area contributed by atoms with Gasteiger partial charge in [0.25, 0.3) is 0 Å². The molecule has 2 heteroatoms. The van der Waals surface area contributed by atoms with Gasteiger partial charge in [-0.05, 0) is 18.3 Å². The molecule has 0 heterocycles. The van der Waals surface area contributed by atoms with E-state index in [2.05, 4.69) is 41.9 Å². The van der Waals surface area contributed by atoms with Crippen LogP contribution in [-0.2, 0) is 4.74 Å². The quantitative estimate of drug-likeness (QED) is 0.475. The van der Waals surface area contributed by atoms with Crippen LogP contribution in [0.3, 0.4) is 0 Å². The van der Waals surface area contributed by atoms with Crippen LogP contribution in [0.1, 0.15) is 33.6 Å². The van der Waals surface area contributed by atoms with E-state index >= 15 is 0 Å². The monoisotopic (exact) mass is 202 g/mol. The Morgan fingerprint density at radius 2 is 1.57 bits per heavy atom. The van der Waals surface area contributed by atoms with Crippen molar-refractivity contribution in [3.05, 3.63) is 0 Å². The molecule has 0 aliphatic carbocycles. The van der Waals surface area contributed by atoms with E-state index in [-0.39, 0.29) is 0 Å². The number of ether oxygens (including phenoxy) is 1. The first-order valence-corrected chi connectivity index (χ1v) is 5.59. The maximum absolute atomic E-state index is 5.59. The van der Waals surface area contributed by atoms with Crippen molar-refractivity contribution in [3.8, 4) is 0 Å². The van der Waals surface area contributed by atoms with Crippen LogP contribution >= 0.6 is 0 Å². The van der Waals surface area contributed by atoms with Gasteiger partial charge in [0.15, 0.2) is 0 Å². The molecule has 0 unspecified atom stereocenters. The smallest absolute Gasteiger partial charge is 0.102 e. The van der Waals surface area contributed by atoms with E-state index in [4.69, 9.17) is 4.74 Å². The Kier molecular flexibility index (Phi) is 5.68. The highest BCUT2D eigenvalue weighted by Gasteiger charge is 2.09. The van der Waals surface area contributed by atoms with E-state index in [0.29, 0.717) is 5.41 Å². The second kappa shape index (κ2) is 5.72. The van der Waals surface area contributed by atoms with Crippen LogP contribution < -0.4 is 0 Å². The summed E-state index contributed by atoms with van der Waals surface area (Å²) >= 11 is 0. The summed E-state index contributed by atoms with van der Waals surface area (Å²) in [5.41, 5.74) is 0.448. The molecule has 0 rings (SSSR count). The largest absolute Gasteiger partial charge is 0.376 e. The maximum Gasteiger partial charge on any atom is 0.102 e. The molecule has 0 aromatic carbocycles. The van der Waals surface area contributed by atoms with E-state index in [1.54, 1.807) is 0 Å². The molecule has 0 saturated heterocycles. The minimum atomic E-state index is 0.448. The van der Waals surface area contributed by atoms with Crippen molar-refractivity contribution >= 4 is 0 Å². The topological polar surface area (TPSA) is 9.23 Å². The lowest BCUT2D eigenvalue weighted by atomic mass is 9.91. The van der Waals surface area contributed by atoms with E-state index < -0.39 is 0 Å². The SMILES string of the molecule is CC(C)(C)CCCOCC[N+](C)(C)C. The van der Waals surface area contributed by atoms with Gasteiger partial charge in [0.1, 0.15) is 6.54 Å². The lowest BCUT2D eigenvalue weighted by Gasteiger charge is -2.23. The molecule has 0 aliphatic rings. The standard InChI is InChI=1S/C12H28NO/c1-12(2,3)8-7-10-14-11-9-13(4,5)6/h7-11H2,1-6H3/q+1. The number of likely N-dealkylation sites (N-methyl/N-ethyl adjacent to an activating group) is 1. The minimum absolute atomic E-state index is 0.448. The average molecular weight is 202 g/mol. The summed E-state index contributed by atoms with van der Waals surface area (Å²) in [7, 11) is 6.58. The van der Waals surface area contributed by atoms with Gasteiger partial charge in [0.05, 0.1) is 27.7 Å². The lowest BCUT2D eigenvalue weighted by molar-refractivity contribution is -0.870. The molecule has 0 spiro atoms. The van der Waals surface area contributed by atoms with Crippen molar-refractivity contribution in [2.45, 2.75) is 33.6 Å². The molecule has 0 amide bonds. The van der Waals surface area contributed by atoms with Crippen LogP contribution in [0.5, 0.6) is 0 Å². The molecule has 0 radical (unpaired) electrons. The van der Waals surface area contributed by atoms with Crippen LogP contribution in [0.15, 0.2) is 0 Å². The highest BCUT2D eigenvalue weighted by molar-refractivity contribution is 4.60. The third kappa shape index (κ3) is 11.9. The normalized spacial score (nSPS) is 13.3. The van der Waals surface area contributed by atoms with Gasteiger partial charge < -0.3 is 9.22 Å². The zero-order valence-electron chi connectivity index (χ0n) is 10.9. The van der Waals surface area contributed by atoms with Crippen LogP contribution in [0, 0.1) is 5.41 Å². The van der Waals surface area contributed by atoms with Gasteiger partial charge in [0.2, 0.25) is 0 Å². The first-order valence-electron chi connectivity index (χ1n) is 5.59. The molecule has 0 atom stereocenters. The van der Waals surface area contributed by atoms with Crippen molar-refractivity contribution in [1.82, 2.24) is 0 Å². The van der Waals surface area contributed by atoms with E-state index in [1.807, 2.05) is 0 Å². The molecule has 0 saturated carbocycles. The maximum atomic E-state index is 5.59. The second-order valence-corrected chi connectivity index (χ2v) is 6.29. The van der Waals surface area contributed by atoms with Gasteiger partial charge in [-0.25, -0.2) is 0 Å². The summed E-state index contributed by atoms with van der Waals surface area (Å²) in [5, 5.41) is 0. The van der Waals surface area contributed by atoms with Crippen molar-refractivity contribution in [3.63, 3.8) is 0 Å². The van der Waals surface area contributed by atoms with Gasteiger partial charge >= 0.3 is 0 Å². The van der Waals surface area contributed by atoms with E-state index in [0.717, 1.165) is 24.2 Å². The molecular weight excluding hydrogens is 174 g/mol. The Balaban J connectivity index is 3.23. The zero-order valence-corrected chi connectivity index (χ0v) is 10.9. The van der Waals surface area contributed by atoms with Gasteiger partial charge in [0, 0.05) is 6.61 Å². The van der Waals surface area contributed by atoms with E-state index in [1.165, 1.54) is 12.8 Å². The summed E-state index contributed by atoms with van der Waals surface area (Å²) in [4.78, 5) is 0. The lowest BCUT2D eigenvalue weighted by Crippen LogP contribution is -2.37. The Labute approximate surface area is 89.8 Å². The summed E-state index contributed by atoms with van der Waals surface area (Å²) in [6.45, 7) is 9.72. The molecule has 14 heavy (non-hydrogen) atoms. The van der Waals surface area contributed by atoms with Gasteiger partial charge in [-0.2, -0.15) is 0 Å². The van der Waals surface area contributed by atoms with Gasteiger partial charge in [-0.3, -0.25) is 0 Å². The Morgan fingerprint density at radius 1 is 1.00 bits per heavy atom. The summed E-state index contributed by atoms with van der Waals surface area (Å²) in [5.74, 6) is 0. The van der Waals surface area contributed by atoms with Crippen molar-refractivity contribution < 1.29 is 9.22 Å². The fourth-order valence-electron chi connectivity index (χ4n) is 1.15. The summed E-state index contributed by atoms with van der Waals surface area (Å²) in [6.07, 6.45) is 2.43. The van der Waals surface area contributed by atoms with Crippen LogP contribution in [-0.4, -0.2) is 45.4 Å². The first-order chi connectivity index (χ1) is 6.21. The first kappa shape index (κ1) is 13.9. The van der Waals surface area contributed by atoms with Crippen LogP contribution in [0.25, 0.3) is 0 Å². The number of quaternary nitrogens is 1. The molecule has 0 N–H and O–H groups in total. The molecule has 2 nitrogen and oxygen atoms in total. The van der Waals surface area contributed by atoms with Gasteiger partial charge in [-0.15, -0.1) is 0 Å². The highest BCUT2D eigenvalue weighted by Crippen LogP contribution is 2.20. The van der Waals surface area contributed by atoms with Crippen molar-refractivity contribution in [2.24, 2.45) is 5.41 Å². The summed E-state index contributed by atoms with van der Waals surface area (Å²) in [6, 6.07) is 0. The predicted molar refractivity (Wildman–Crippen MR) is 62.4 cm³/mol. The fraction of sp³-hybridized carbons (Fsp3) is 1.00. The molecular formula is C12H28NO+. The molecule has 0 aromatic rings. The van der Waals surface area contributed by atoms with Crippen LogP contribution in [0.2, 0.25) is 0 Å². The molecule has 0 fully saturated rings. The molecule has 0 aromatic heterocycles. The Hall–Kier alpha value is -0.0800. The van der Waals surface area contributed by atoms with Gasteiger partial charge in [-0.1, -0.05) is 20.8 Å². The summed E-state index contributed by atoms with van der Waals surface area (Å²) < 4.78 is 6.57. The number of nitrogens with zero attached hydrogens (tertiary/aromatic N) is 1. The Morgan fingerprint density at radius 3 is 2.00 bits per heavy atom. The number of hydrogen-bond acceptors (Lipinski definition) is 1. The zero-order chi connectivity index (χ0) is 11.2. The second-order valence-electron chi connectivity index (χ2n) is 6.29. The number of rotatable bonds is 6. The van der Waals surface area contributed by atoms with Crippen molar-refractivity contribution in [2.75, 3.05) is 40.9 Å².